The van der Waals surface area contributed by atoms with Crippen LogP contribution in [0.15, 0.2) is 18.2 Å². The third-order valence-electron chi connectivity index (χ3n) is 5.31. The third kappa shape index (κ3) is 6.09. The molecule has 5 nitrogen and oxygen atoms in total. The summed E-state index contributed by atoms with van der Waals surface area (Å²) >= 11 is 12.2. The fourth-order valence-electron chi connectivity index (χ4n) is 3.58. The summed E-state index contributed by atoms with van der Waals surface area (Å²) in [5.74, 6) is -1.51. The van der Waals surface area contributed by atoms with Crippen LogP contribution >= 0.6 is 23.2 Å². The molecule has 1 fully saturated rings. The predicted octanol–water partition coefficient (Wildman–Crippen LogP) is 5.58. The fourth-order valence-corrected chi connectivity index (χ4v) is 3.88. The Balaban J connectivity index is 2.15. The minimum absolute atomic E-state index is 0.183. The van der Waals surface area contributed by atoms with E-state index in [1.54, 1.807) is 18.2 Å². The van der Waals surface area contributed by atoms with Gasteiger partial charge in [-0.3, -0.25) is 4.79 Å². The Kier molecular flexibility index (Phi) is 9.04. The van der Waals surface area contributed by atoms with Crippen LogP contribution in [0.5, 0.6) is 0 Å². The van der Waals surface area contributed by atoms with Crippen molar-refractivity contribution in [3.63, 3.8) is 0 Å². The number of aliphatic carboxylic acids is 1. The number of hydrogen-bond acceptors (Lipinski definition) is 4. The molecule has 1 heterocycles. The third-order valence-corrected chi connectivity index (χ3v) is 6.05. The van der Waals surface area contributed by atoms with E-state index in [1.165, 1.54) is 0 Å². The standard InChI is InChI=1S/C21H27Cl2NO4/c1-2-15(20(25)26)13-21(14-24,16-7-8-17(22)18(23)12-16)9-5-11-28-19-6-3-4-10-27-19/h7-8,12,15,19H,2-6,9-11,13H2,1H3,(H,25,26). The maximum absolute atomic E-state index is 11.6. The van der Waals surface area contributed by atoms with Crippen molar-refractivity contribution < 1.29 is 19.4 Å². The van der Waals surface area contributed by atoms with Gasteiger partial charge in [0.15, 0.2) is 6.29 Å². The first kappa shape index (κ1) is 23.0. The van der Waals surface area contributed by atoms with Crippen molar-refractivity contribution in [2.45, 2.75) is 63.6 Å². The molecular formula is C21H27Cl2NO4. The molecular weight excluding hydrogens is 401 g/mol. The summed E-state index contributed by atoms with van der Waals surface area (Å²) in [7, 11) is 0. The fraction of sp³-hybridized carbons (Fsp3) is 0.619. The first-order valence-electron chi connectivity index (χ1n) is 9.74. The van der Waals surface area contributed by atoms with E-state index in [-0.39, 0.29) is 12.7 Å². The van der Waals surface area contributed by atoms with E-state index in [9.17, 15) is 15.2 Å². The van der Waals surface area contributed by atoms with Gasteiger partial charge < -0.3 is 14.6 Å². The number of carbonyl (C=O) groups is 1. The molecule has 0 aliphatic carbocycles. The van der Waals surface area contributed by atoms with Gasteiger partial charge in [-0.15, -0.1) is 0 Å². The summed E-state index contributed by atoms with van der Waals surface area (Å²) < 4.78 is 11.4. The Morgan fingerprint density at radius 2 is 2.21 bits per heavy atom. The quantitative estimate of drug-likeness (QED) is 0.492. The lowest BCUT2D eigenvalue weighted by molar-refractivity contribution is -0.163. The first-order chi connectivity index (χ1) is 13.4. The molecule has 7 heteroatoms. The highest BCUT2D eigenvalue weighted by Gasteiger charge is 2.37. The number of carboxylic acids is 1. The van der Waals surface area contributed by atoms with E-state index in [4.69, 9.17) is 32.7 Å². The van der Waals surface area contributed by atoms with Gasteiger partial charge in [-0.05, 0) is 62.6 Å². The van der Waals surface area contributed by atoms with E-state index in [0.29, 0.717) is 48.1 Å². The second-order valence-electron chi connectivity index (χ2n) is 7.24. The molecule has 1 aromatic rings. The zero-order chi connectivity index (χ0) is 20.6. The summed E-state index contributed by atoms with van der Waals surface area (Å²) in [5, 5.41) is 20.4. The molecule has 0 aromatic heterocycles. The summed E-state index contributed by atoms with van der Waals surface area (Å²) in [6.07, 6.45) is 4.60. The Bertz CT molecular complexity index is 700. The number of hydrogen-bond donors (Lipinski definition) is 1. The van der Waals surface area contributed by atoms with Gasteiger partial charge in [-0.2, -0.15) is 5.26 Å². The molecule has 1 saturated heterocycles. The molecule has 0 saturated carbocycles. The average molecular weight is 428 g/mol. The minimum atomic E-state index is -0.968. The van der Waals surface area contributed by atoms with Crippen LogP contribution in [0, 0.1) is 17.2 Å². The van der Waals surface area contributed by atoms with E-state index in [1.807, 2.05) is 6.92 Å². The van der Waals surface area contributed by atoms with Crippen LogP contribution in [0.3, 0.4) is 0 Å². The highest BCUT2D eigenvalue weighted by Crippen LogP contribution is 2.39. The van der Waals surface area contributed by atoms with Crippen LogP contribution in [0.2, 0.25) is 10.0 Å². The van der Waals surface area contributed by atoms with Gasteiger partial charge in [0, 0.05) is 13.2 Å². The molecule has 2 rings (SSSR count). The number of ether oxygens (including phenoxy) is 2. The Morgan fingerprint density at radius 1 is 1.43 bits per heavy atom. The monoisotopic (exact) mass is 427 g/mol. The van der Waals surface area contributed by atoms with Gasteiger partial charge in [-0.1, -0.05) is 36.2 Å². The number of halogens is 2. The number of rotatable bonds is 10. The number of benzene rings is 1. The van der Waals surface area contributed by atoms with Gasteiger partial charge in [-0.25, -0.2) is 0 Å². The molecule has 1 aliphatic rings. The van der Waals surface area contributed by atoms with Crippen molar-refractivity contribution >= 4 is 29.2 Å². The topological polar surface area (TPSA) is 79.5 Å². The van der Waals surface area contributed by atoms with Gasteiger partial charge in [0.2, 0.25) is 0 Å². The Morgan fingerprint density at radius 3 is 2.79 bits per heavy atom. The van der Waals surface area contributed by atoms with Crippen molar-refractivity contribution in [2.75, 3.05) is 13.2 Å². The highest BCUT2D eigenvalue weighted by atomic mass is 35.5. The van der Waals surface area contributed by atoms with Gasteiger partial charge in [0.1, 0.15) is 0 Å². The average Bonchev–Trinajstić information content (AvgIpc) is 2.70. The number of nitriles is 1. The van der Waals surface area contributed by atoms with E-state index in [2.05, 4.69) is 6.07 Å². The van der Waals surface area contributed by atoms with Crippen LogP contribution in [0.25, 0.3) is 0 Å². The lowest BCUT2D eigenvalue weighted by Crippen LogP contribution is -2.31. The van der Waals surface area contributed by atoms with Crippen molar-refractivity contribution in [1.82, 2.24) is 0 Å². The second kappa shape index (κ2) is 11.0. The molecule has 1 aromatic carbocycles. The zero-order valence-corrected chi connectivity index (χ0v) is 17.6. The summed E-state index contributed by atoms with van der Waals surface area (Å²) in [6.45, 7) is 2.99. The van der Waals surface area contributed by atoms with Crippen LogP contribution in [-0.2, 0) is 19.7 Å². The highest BCUT2D eigenvalue weighted by molar-refractivity contribution is 6.42. The molecule has 3 unspecified atom stereocenters. The minimum Gasteiger partial charge on any atom is -0.481 e. The van der Waals surface area contributed by atoms with E-state index in [0.717, 1.165) is 19.3 Å². The molecule has 0 amide bonds. The molecule has 28 heavy (non-hydrogen) atoms. The van der Waals surface area contributed by atoms with E-state index < -0.39 is 17.3 Å². The van der Waals surface area contributed by atoms with Crippen molar-refractivity contribution in [3.05, 3.63) is 33.8 Å². The molecule has 3 atom stereocenters. The number of nitrogens with zero attached hydrogens (tertiary/aromatic N) is 1. The SMILES string of the molecule is CCC(CC(C#N)(CCCOC1CCCCO1)c1ccc(Cl)c(Cl)c1)C(=O)O. The zero-order valence-electron chi connectivity index (χ0n) is 16.1. The largest absolute Gasteiger partial charge is 0.481 e. The van der Waals surface area contributed by atoms with Gasteiger partial charge in [0.25, 0.3) is 0 Å². The number of carboxylic acid groups (broad SMARTS) is 1. The van der Waals surface area contributed by atoms with Crippen molar-refractivity contribution in [1.29, 1.82) is 5.26 Å². The molecule has 1 N–H and O–H groups in total. The summed E-state index contributed by atoms with van der Waals surface area (Å²) in [5.41, 5.74) is -0.276. The molecule has 154 valence electrons. The van der Waals surface area contributed by atoms with Crippen LogP contribution in [0.1, 0.15) is 57.4 Å². The van der Waals surface area contributed by atoms with Gasteiger partial charge >= 0.3 is 5.97 Å². The van der Waals surface area contributed by atoms with E-state index >= 15 is 0 Å². The van der Waals surface area contributed by atoms with Crippen LogP contribution in [-0.4, -0.2) is 30.6 Å². The lowest BCUT2D eigenvalue weighted by atomic mass is 9.71. The van der Waals surface area contributed by atoms with Crippen LogP contribution in [0.4, 0.5) is 0 Å². The molecule has 0 spiro atoms. The maximum atomic E-state index is 11.6. The predicted molar refractivity (Wildman–Crippen MR) is 109 cm³/mol. The molecule has 0 radical (unpaired) electrons. The lowest BCUT2D eigenvalue weighted by Gasteiger charge is -2.30. The molecule has 0 bridgehead atoms. The Labute approximate surface area is 176 Å². The molecule has 1 aliphatic heterocycles. The normalized spacial score (nSPS) is 20.1. The second-order valence-corrected chi connectivity index (χ2v) is 8.06. The maximum Gasteiger partial charge on any atom is 0.306 e. The first-order valence-corrected chi connectivity index (χ1v) is 10.5. The summed E-state index contributed by atoms with van der Waals surface area (Å²) in [6, 6.07) is 7.47. The van der Waals surface area contributed by atoms with Gasteiger partial charge in [0.05, 0.1) is 27.4 Å². The smallest absolute Gasteiger partial charge is 0.306 e. The van der Waals surface area contributed by atoms with Crippen molar-refractivity contribution in [2.24, 2.45) is 5.92 Å². The van der Waals surface area contributed by atoms with Crippen molar-refractivity contribution in [3.8, 4) is 6.07 Å². The Hall–Kier alpha value is -1.32. The summed E-state index contributed by atoms with van der Waals surface area (Å²) in [4.78, 5) is 11.6. The van der Waals surface area contributed by atoms with Crippen LogP contribution < -0.4 is 0 Å².